The maximum atomic E-state index is 12.0. The fourth-order valence-corrected chi connectivity index (χ4v) is 2.09. The van der Waals surface area contributed by atoms with Gasteiger partial charge in [0.05, 0.1) is 23.6 Å². The first kappa shape index (κ1) is 15.3. The van der Waals surface area contributed by atoms with Gasteiger partial charge in [-0.05, 0) is 37.4 Å². The molecule has 5 nitrogen and oxygen atoms in total. The van der Waals surface area contributed by atoms with Crippen LogP contribution in [-0.4, -0.2) is 29.4 Å². The van der Waals surface area contributed by atoms with E-state index in [4.69, 9.17) is 17.3 Å². The van der Waals surface area contributed by atoms with Crippen molar-refractivity contribution in [3.8, 4) is 0 Å². The van der Waals surface area contributed by atoms with E-state index < -0.39 is 0 Å². The third-order valence-corrected chi connectivity index (χ3v) is 3.09. The number of carbonyl (C=O) groups is 1. The molecule has 3 N–H and O–H groups in total. The molecule has 0 spiro atoms. The van der Waals surface area contributed by atoms with E-state index in [9.17, 15) is 4.79 Å². The van der Waals surface area contributed by atoms with E-state index in [1.807, 2.05) is 30.1 Å². The monoisotopic (exact) mass is 304 g/mol. The third kappa shape index (κ3) is 4.73. The molecule has 1 aromatic heterocycles. The average Bonchev–Trinajstić information content (AvgIpc) is 2.43. The first-order valence-electron chi connectivity index (χ1n) is 6.48. The molecule has 2 rings (SSSR count). The number of rotatable bonds is 5. The van der Waals surface area contributed by atoms with Gasteiger partial charge in [-0.2, -0.15) is 0 Å². The first-order chi connectivity index (χ1) is 10.0. The predicted molar refractivity (Wildman–Crippen MR) is 85.1 cm³/mol. The zero-order chi connectivity index (χ0) is 15.2. The van der Waals surface area contributed by atoms with Gasteiger partial charge < -0.3 is 11.1 Å². The zero-order valence-electron chi connectivity index (χ0n) is 11.7. The molecule has 0 radical (unpaired) electrons. The molecule has 110 valence electrons. The van der Waals surface area contributed by atoms with Gasteiger partial charge in [0.1, 0.15) is 0 Å². The summed E-state index contributed by atoms with van der Waals surface area (Å²) in [5.74, 6) is -0.137. The van der Waals surface area contributed by atoms with E-state index in [2.05, 4.69) is 10.3 Å². The smallest absolute Gasteiger partial charge is 0.238 e. The quantitative estimate of drug-likeness (QED) is 0.832. The molecule has 0 bridgehead atoms. The molecular weight excluding hydrogens is 288 g/mol. The Bertz CT molecular complexity index is 618. The number of amides is 1. The van der Waals surface area contributed by atoms with E-state index in [0.717, 1.165) is 5.69 Å². The number of carbonyl (C=O) groups excluding carboxylic acids is 1. The Balaban J connectivity index is 1.89. The lowest BCUT2D eigenvalue weighted by molar-refractivity contribution is -0.117. The molecule has 2 aromatic rings. The number of pyridine rings is 1. The number of likely N-dealkylation sites (N-methyl/N-ethyl adjacent to an activating group) is 1. The molecule has 0 fully saturated rings. The molecule has 1 aromatic carbocycles. The van der Waals surface area contributed by atoms with Gasteiger partial charge in [-0.3, -0.25) is 14.7 Å². The molecule has 1 heterocycles. The third-order valence-electron chi connectivity index (χ3n) is 2.86. The molecule has 0 aliphatic heterocycles. The topological polar surface area (TPSA) is 71.2 Å². The van der Waals surface area contributed by atoms with Crippen molar-refractivity contribution in [3.05, 3.63) is 53.3 Å². The molecular formula is C15H17ClN4O. The van der Waals surface area contributed by atoms with Crippen LogP contribution in [0.25, 0.3) is 0 Å². The minimum Gasteiger partial charge on any atom is -0.397 e. The average molecular weight is 305 g/mol. The number of anilines is 2. The Morgan fingerprint density at radius 3 is 2.86 bits per heavy atom. The van der Waals surface area contributed by atoms with Crippen LogP contribution in [0.5, 0.6) is 0 Å². The van der Waals surface area contributed by atoms with E-state index in [0.29, 0.717) is 22.9 Å². The Kier molecular flexibility index (Phi) is 5.14. The number of benzene rings is 1. The molecule has 0 atom stereocenters. The number of hydrogen-bond acceptors (Lipinski definition) is 4. The van der Waals surface area contributed by atoms with Crippen molar-refractivity contribution in [2.45, 2.75) is 6.54 Å². The second-order valence-electron chi connectivity index (χ2n) is 4.77. The Labute approximate surface area is 128 Å². The standard InChI is InChI=1S/C15H17ClN4O/c1-20(9-12-4-2-3-7-18-12)10-15(21)19-14-6-5-11(16)8-13(14)17/h2-8H,9-10,17H2,1H3,(H,19,21). The van der Waals surface area contributed by atoms with E-state index in [-0.39, 0.29) is 12.5 Å². The fourth-order valence-electron chi connectivity index (χ4n) is 1.91. The summed E-state index contributed by atoms with van der Waals surface area (Å²) in [6, 6.07) is 10.7. The second-order valence-corrected chi connectivity index (χ2v) is 5.21. The summed E-state index contributed by atoms with van der Waals surface area (Å²) in [5.41, 5.74) is 7.73. The highest BCUT2D eigenvalue weighted by atomic mass is 35.5. The van der Waals surface area contributed by atoms with Crippen molar-refractivity contribution in [2.24, 2.45) is 0 Å². The summed E-state index contributed by atoms with van der Waals surface area (Å²) >= 11 is 5.82. The summed E-state index contributed by atoms with van der Waals surface area (Å²) in [6.07, 6.45) is 1.73. The van der Waals surface area contributed by atoms with Crippen LogP contribution in [-0.2, 0) is 11.3 Å². The molecule has 0 aliphatic carbocycles. The van der Waals surface area contributed by atoms with Crippen molar-refractivity contribution < 1.29 is 4.79 Å². The first-order valence-corrected chi connectivity index (χ1v) is 6.86. The molecule has 21 heavy (non-hydrogen) atoms. The van der Waals surface area contributed by atoms with Crippen molar-refractivity contribution in [1.29, 1.82) is 0 Å². The van der Waals surface area contributed by atoms with Gasteiger partial charge in [-0.1, -0.05) is 17.7 Å². The minimum atomic E-state index is -0.137. The summed E-state index contributed by atoms with van der Waals surface area (Å²) in [7, 11) is 1.86. The number of nitrogens with one attached hydrogen (secondary N) is 1. The lowest BCUT2D eigenvalue weighted by Gasteiger charge is -2.16. The highest BCUT2D eigenvalue weighted by Crippen LogP contribution is 2.22. The van der Waals surface area contributed by atoms with Gasteiger partial charge in [0.15, 0.2) is 0 Å². The highest BCUT2D eigenvalue weighted by Gasteiger charge is 2.09. The van der Waals surface area contributed by atoms with Crippen LogP contribution in [0, 0.1) is 0 Å². The largest absolute Gasteiger partial charge is 0.397 e. The lowest BCUT2D eigenvalue weighted by atomic mass is 10.2. The van der Waals surface area contributed by atoms with Crippen molar-refractivity contribution in [3.63, 3.8) is 0 Å². The molecule has 0 unspecified atom stereocenters. The van der Waals surface area contributed by atoms with Crippen LogP contribution in [0.15, 0.2) is 42.6 Å². The Morgan fingerprint density at radius 2 is 2.19 bits per heavy atom. The van der Waals surface area contributed by atoms with E-state index >= 15 is 0 Å². The van der Waals surface area contributed by atoms with Crippen LogP contribution >= 0.6 is 11.6 Å². The summed E-state index contributed by atoms with van der Waals surface area (Å²) in [5, 5.41) is 3.31. The number of nitrogen functional groups attached to an aromatic ring is 1. The van der Waals surface area contributed by atoms with E-state index in [1.165, 1.54) is 0 Å². The van der Waals surface area contributed by atoms with Gasteiger partial charge in [0, 0.05) is 17.8 Å². The predicted octanol–water partition coefficient (Wildman–Crippen LogP) is 2.39. The Morgan fingerprint density at radius 1 is 1.38 bits per heavy atom. The number of nitrogens with two attached hydrogens (primary N) is 1. The molecule has 6 heteroatoms. The van der Waals surface area contributed by atoms with Crippen LogP contribution < -0.4 is 11.1 Å². The van der Waals surface area contributed by atoms with Crippen LogP contribution in [0.2, 0.25) is 5.02 Å². The minimum absolute atomic E-state index is 0.137. The molecule has 0 saturated carbocycles. The zero-order valence-corrected chi connectivity index (χ0v) is 12.5. The van der Waals surface area contributed by atoms with Crippen LogP contribution in [0.1, 0.15) is 5.69 Å². The molecule has 1 amide bonds. The van der Waals surface area contributed by atoms with E-state index in [1.54, 1.807) is 24.4 Å². The number of nitrogens with zero attached hydrogens (tertiary/aromatic N) is 2. The maximum absolute atomic E-state index is 12.0. The number of halogens is 1. The number of hydrogen-bond donors (Lipinski definition) is 2. The highest BCUT2D eigenvalue weighted by molar-refractivity contribution is 6.31. The lowest BCUT2D eigenvalue weighted by Crippen LogP contribution is -2.30. The van der Waals surface area contributed by atoms with Crippen LogP contribution in [0.4, 0.5) is 11.4 Å². The summed E-state index contributed by atoms with van der Waals surface area (Å²) in [6.45, 7) is 0.850. The maximum Gasteiger partial charge on any atom is 0.238 e. The summed E-state index contributed by atoms with van der Waals surface area (Å²) < 4.78 is 0. The molecule has 0 saturated heterocycles. The van der Waals surface area contributed by atoms with Crippen molar-refractivity contribution >= 4 is 28.9 Å². The SMILES string of the molecule is CN(CC(=O)Nc1ccc(Cl)cc1N)Cc1ccccn1. The van der Waals surface area contributed by atoms with Gasteiger partial charge >= 0.3 is 0 Å². The normalized spacial score (nSPS) is 10.6. The van der Waals surface area contributed by atoms with Crippen molar-refractivity contribution in [2.75, 3.05) is 24.6 Å². The van der Waals surface area contributed by atoms with Gasteiger partial charge in [-0.15, -0.1) is 0 Å². The fraction of sp³-hybridized carbons (Fsp3) is 0.200. The molecule has 0 aliphatic rings. The Hall–Kier alpha value is -2.11. The van der Waals surface area contributed by atoms with Gasteiger partial charge in [-0.25, -0.2) is 0 Å². The van der Waals surface area contributed by atoms with Gasteiger partial charge in [0.2, 0.25) is 5.91 Å². The summed E-state index contributed by atoms with van der Waals surface area (Å²) in [4.78, 5) is 18.1. The number of aromatic nitrogens is 1. The second kappa shape index (κ2) is 7.06. The van der Waals surface area contributed by atoms with Crippen molar-refractivity contribution in [1.82, 2.24) is 9.88 Å². The van der Waals surface area contributed by atoms with Crippen LogP contribution in [0.3, 0.4) is 0 Å². The van der Waals surface area contributed by atoms with Gasteiger partial charge in [0.25, 0.3) is 0 Å².